The molecule has 0 aromatic carbocycles. The minimum absolute atomic E-state index is 0.392. The highest BCUT2D eigenvalue weighted by Gasteiger charge is 2.22. The Balaban J connectivity index is 3.87. The monoisotopic (exact) mass is 156 g/mol. The van der Waals surface area contributed by atoms with E-state index in [1.54, 1.807) is 7.11 Å². The topological polar surface area (TPSA) is 9.23 Å². The lowest BCUT2D eigenvalue weighted by Gasteiger charge is -2.29. The van der Waals surface area contributed by atoms with E-state index in [0.29, 0.717) is 5.41 Å². The molecule has 0 aliphatic rings. The van der Waals surface area contributed by atoms with Crippen LogP contribution < -0.4 is 0 Å². The summed E-state index contributed by atoms with van der Waals surface area (Å²) in [6, 6.07) is 0. The maximum Gasteiger partial charge on any atom is 0.102 e. The van der Waals surface area contributed by atoms with Crippen LogP contribution in [0.15, 0.2) is 0 Å². The second-order valence-electron chi connectivity index (χ2n) is 4.20. The maximum absolute atomic E-state index is 5.20. The maximum atomic E-state index is 5.20. The third-order valence-electron chi connectivity index (χ3n) is 2.25. The van der Waals surface area contributed by atoms with Gasteiger partial charge in [0.1, 0.15) is 7.85 Å². The summed E-state index contributed by atoms with van der Waals surface area (Å²) in [5, 5.41) is 0. The Labute approximate surface area is 71.9 Å². The quantitative estimate of drug-likeness (QED) is 0.551. The van der Waals surface area contributed by atoms with Crippen LogP contribution in [-0.4, -0.2) is 21.6 Å². The van der Waals surface area contributed by atoms with Crippen molar-refractivity contribution in [2.24, 2.45) is 11.3 Å². The number of methoxy groups -OCH3 is 1. The molecule has 11 heavy (non-hydrogen) atoms. The van der Waals surface area contributed by atoms with Crippen molar-refractivity contribution in [2.45, 2.75) is 33.5 Å². The highest BCUT2D eigenvalue weighted by Crippen LogP contribution is 2.29. The Hall–Kier alpha value is 0.0249. The van der Waals surface area contributed by atoms with Crippen LogP contribution in [0.3, 0.4) is 0 Å². The van der Waals surface area contributed by atoms with Crippen molar-refractivity contribution in [1.82, 2.24) is 0 Å². The van der Waals surface area contributed by atoms with Gasteiger partial charge in [-0.05, 0) is 17.8 Å². The van der Waals surface area contributed by atoms with Crippen LogP contribution in [0, 0.1) is 11.3 Å². The number of rotatable bonds is 5. The Morgan fingerprint density at radius 2 is 2.00 bits per heavy atom. The molecule has 0 radical (unpaired) electrons. The minimum atomic E-state index is 0.392. The van der Waals surface area contributed by atoms with Crippen molar-refractivity contribution in [3.63, 3.8) is 0 Å². The first-order chi connectivity index (χ1) is 5.04. The fraction of sp³-hybridized carbons (Fsp3) is 1.00. The van der Waals surface area contributed by atoms with Gasteiger partial charge >= 0.3 is 0 Å². The van der Waals surface area contributed by atoms with Crippen molar-refractivity contribution in [3.8, 4) is 0 Å². The molecule has 0 aliphatic carbocycles. The first-order valence-electron chi connectivity index (χ1n) is 4.53. The molecule has 0 spiro atoms. The third kappa shape index (κ3) is 4.46. The molecule has 1 nitrogen and oxygen atoms in total. The molecule has 0 N–H and O–H groups in total. The van der Waals surface area contributed by atoms with Crippen LogP contribution in [0.2, 0.25) is 6.32 Å². The van der Waals surface area contributed by atoms with Crippen molar-refractivity contribution >= 4 is 7.85 Å². The molecule has 2 heteroatoms. The van der Waals surface area contributed by atoms with E-state index in [-0.39, 0.29) is 0 Å². The zero-order valence-corrected chi connectivity index (χ0v) is 8.61. The van der Waals surface area contributed by atoms with Gasteiger partial charge in [-0.3, -0.25) is 0 Å². The number of ether oxygens (including phenoxy) is 1. The number of hydrogen-bond acceptors (Lipinski definition) is 1. The fourth-order valence-corrected chi connectivity index (χ4v) is 1.64. The van der Waals surface area contributed by atoms with Gasteiger partial charge in [-0.25, -0.2) is 0 Å². The zero-order chi connectivity index (χ0) is 8.91. The van der Waals surface area contributed by atoms with E-state index in [4.69, 9.17) is 4.74 Å². The fourth-order valence-electron chi connectivity index (χ4n) is 1.64. The Morgan fingerprint density at radius 1 is 1.45 bits per heavy atom. The van der Waals surface area contributed by atoms with E-state index in [9.17, 15) is 0 Å². The van der Waals surface area contributed by atoms with Gasteiger partial charge in [0.25, 0.3) is 0 Å². The van der Waals surface area contributed by atoms with Crippen LogP contribution >= 0.6 is 0 Å². The number of hydrogen-bond donors (Lipinski definition) is 0. The largest absolute Gasteiger partial charge is 0.384 e. The normalized spacial score (nSPS) is 16.8. The van der Waals surface area contributed by atoms with Gasteiger partial charge in [-0.2, -0.15) is 0 Å². The molecule has 1 atom stereocenters. The molecule has 0 fully saturated rings. The molecule has 0 aromatic heterocycles. The van der Waals surface area contributed by atoms with Crippen LogP contribution in [0.5, 0.6) is 0 Å². The van der Waals surface area contributed by atoms with Gasteiger partial charge in [0.2, 0.25) is 0 Å². The molecule has 0 bridgehead atoms. The lowest BCUT2D eigenvalue weighted by atomic mass is 9.73. The molecule has 0 aliphatic heterocycles. The first kappa shape index (κ1) is 11.0. The van der Waals surface area contributed by atoms with Gasteiger partial charge in [0.15, 0.2) is 0 Å². The smallest absolute Gasteiger partial charge is 0.102 e. The standard InChI is InChI=1S/C9H21BO/c1-8(2)5-9(3,6-10)7-11-4/h8H,5-7,10H2,1-4H3/t9-/m1/s1. The van der Waals surface area contributed by atoms with Crippen LogP contribution in [-0.2, 0) is 4.74 Å². The average molecular weight is 156 g/mol. The Morgan fingerprint density at radius 3 is 2.27 bits per heavy atom. The summed E-state index contributed by atoms with van der Waals surface area (Å²) in [7, 11) is 4.02. The summed E-state index contributed by atoms with van der Waals surface area (Å²) in [6.45, 7) is 7.73. The molecular weight excluding hydrogens is 135 g/mol. The third-order valence-corrected chi connectivity index (χ3v) is 2.25. The van der Waals surface area contributed by atoms with E-state index in [1.165, 1.54) is 12.7 Å². The zero-order valence-electron chi connectivity index (χ0n) is 8.61. The molecule has 0 unspecified atom stereocenters. The molecule has 0 heterocycles. The average Bonchev–Trinajstić information content (AvgIpc) is 1.87. The lowest BCUT2D eigenvalue weighted by molar-refractivity contribution is 0.0895. The van der Waals surface area contributed by atoms with Crippen LogP contribution in [0.1, 0.15) is 27.2 Å². The van der Waals surface area contributed by atoms with Gasteiger partial charge in [-0.15, -0.1) is 0 Å². The van der Waals surface area contributed by atoms with E-state index >= 15 is 0 Å². The molecule has 0 amide bonds. The Kier molecular flexibility index (Phi) is 4.82. The molecule has 0 aromatic rings. The summed E-state index contributed by atoms with van der Waals surface area (Å²) in [4.78, 5) is 0. The highest BCUT2D eigenvalue weighted by atomic mass is 16.5. The lowest BCUT2D eigenvalue weighted by Crippen LogP contribution is -2.24. The second kappa shape index (κ2) is 4.81. The van der Waals surface area contributed by atoms with Crippen molar-refractivity contribution in [3.05, 3.63) is 0 Å². The molecule has 66 valence electrons. The Bertz CT molecular complexity index is 104. The highest BCUT2D eigenvalue weighted by molar-refractivity contribution is 6.08. The molecule has 0 rings (SSSR count). The van der Waals surface area contributed by atoms with Gasteiger partial charge in [-0.1, -0.05) is 27.1 Å². The van der Waals surface area contributed by atoms with E-state index < -0.39 is 0 Å². The summed E-state index contributed by atoms with van der Waals surface area (Å²) >= 11 is 0. The van der Waals surface area contributed by atoms with Crippen molar-refractivity contribution < 1.29 is 4.74 Å². The van der Waals surface area contributed by atoms with Gasteiger partial charge in [0.05, 0.1) is 6.61 Å². The first-order valence-corrected chi connectivity index (χ1v) is 4.53. The summed E-state index contributed by atoms with van der Waals surface area (Å²) in [5.41, 5.74) is 0.392. The van der Waals surface area contributed by atoms with Crippen LogP contribution in [0.4, 0.5) is 0 Å². The van der Waals surface area contributed by atoms with Gasteiger partial charge in [0, 0.05) is 7.11 Å². The van der Waals surface area contributed by atoms with Gasteiger partial charge < -0.3 is 4.74 Å². The summed E-state index contributed by atoms with van der Waals surface area (Å²) < 4.78 is 5.20. The minimum Gasteiger partial charge on any atom is -0.384 e. The predicted octanol–water partition coefficient (Wildman–Crippen LogP) is 1.74. The van der Waals surface area contributed by atoms with Crippen molar-refractivity contribution in [1.29, 1.82) is 0 Å². The van der Waals surface area contributed by atoms with E-state index in [0.717, 1.165) is 12.5 Å². The van der Waals surface area contributed by atoms with Crippen molar-refractivity contribution in [2.75, 3.05) is 13.7 Å². The SMILES string of the molecule is BC[C@](C)(COC)CC(C)C. The molecule has 0 saturated heterocycles. The van der Waals surface area contributed by atoms with Crippen LogP contribution in [0.25, 0.3) is 0 Å². The summed E-state index contributed by atoms with van der Waals surface area (Å²) in [5.74, 6) is 0.773. The summed E-state index contributed by atoms with van der Waals surface area (Å²) in [6.07, 6.45) is 2.47. The molecule has 0 saturated carbocycles. The van der Waals surface area contributed by atoms with E-state index in [1.807, 2.05) is 0 Å². The van der Waals surface area contributed by atoms with E-state index in [2.05, 4.69) is 28.6 Å². The predicted molar refractivity (Wildman–Crippen MR) is 52.8 cm³/mol. The molecular formula is C9H21BO. The second-order valence-corrected chi connectivity index (χ2v) is 4.20.